The monoisotopic (exact) mass is 424 g/mol. The summed E-state index contributed by atoms with van der Waals surface area (Å²) >= 11 is 0. The lowest BCUT2D eigenvalue weighted by Gasteiger charge is -2.12. The van der Waals surface area contributed by atoms with Gasteiger partial charge in [-0.25, -0.2) is 0 Å². The molecule has 5 heteroatoms. The number of unbranched alkanes of at least 4 members (excludes halogenated alkanes) is 1. The van der Waals surface area contributed by atoms with E-state index in [2.05, 4.69) is 51.8 Å². The Morgan fingerprint density at radius 3 is 2.70 bits per heavy atom. The van der Waals surface area contributed by atoms with E-state index in [1.807, 2.05) is 24.4 Å². The molecule has 0 aliphatic heterocycles. The van der Waals surface area contributed by atoms with Gasteiger partial charge in [0.1, 0.15) is 0 Å². The summed E-state index contributed by atoms with van der Waals surface area (Å²) in [5.74, 6) is 0.844. The molecule has 0 unspecified atom stereocenters. The van der Waals surface area contributed by atoms with E-state index in [-0.39, 0.29) is 24.0 Å². The van der Waals surface area contributed by atoms with Crippen LogP contribution < -0.4 is 10.6 Å². The van der Waals surface area contributed by atoms with Gasteiger partial charge in [-0.1, -0.05) is 37.6 Å². The first kappa shape index (κ1) is 19.4. The topological polar surface area (TPSA) is 49.3 Å². The second-order valence-corrected chi connectivity index (χ2v) is 5.12. The summed E-state index contributed by atoms with van der Waals surface area (Å²) in [6, 6.07) is 14.4. The maximum absolute atomic E-state index is 4.39. The van der Waals surface area contributed by atoms with Crippen LogP contribution in [0.3, 0.4) is 0 Å². The average molecular weight is 424 g/mol. The van der Waals surface area contributed by atoms with Crippen molar-refractivity contribution in [2.75, 3.05) is 13.6 Å². The first-order valence-corrected chi connectivity index (χ1v) is 7.78. The van der Waals surface area contributed by atoms with E-state index in [0.717, 1.165) is 36.7 Å². The zero-order valence-electron chi connectivity index (χ0n) is 13.7. The third-order valence-electron chi connectivity index (χ3n) is 3.39. The second kappa shape index (κ2) is 11.0. The Morgan fingerprint density at radius 2 is 2.00 bits per heavy atom. The maximum atomic E-state index is 4.39. The van der Waals surface area contributed by atoms with Crippen LogP contribution in [-0.2, 0) is 6.54 Å². The molecule has 4 nitrogen and oxygen atoms in total. The summed E-state index contributed by atoms with van der Waals surface area (Å²) in [6.45, 7) is 3.87. The van der Waals surface area contributed by atoms with Crippen LogP contribution in [0, 0.1) is 0 Å². The van der Waals surface area contributed by atoms with Crippen molar-refractivity contribution < 1.29 is 0 Å². The minimum atomic E-state index is 0. The van der Waals surface area contributed by atoms with Gasteiger partial charge in [-0.15, -0.1) is 24.0 Å². The van der Waals surface area contributed by atoms with E-state index in [0.29, 0.717) is 0 Å². The van der Waals surface area contributed by atoms with Gasteiger partial charge in [-0.05, 0) is 30.2 Å². The molecule has 0 amide bonds. The van der Waals surface area contributed by atoms with Crippen molar-refractivity contribution in [2.45, 2.75) is 26.3 Å². The fraction of sp³-hybridized carbons (Fsp3) is 0.333. The molecule has 0 aliphatic rings. The Balaban J connectivity index is 0.00000264. The Morgan fingerprint density at radius 1 is 1.13 bits per heavy atom. The van der Waals surface area contributed by atoms with Crippen LogP contribution in [0.1, 0.15) is 25.3 Å². The molecule has 0 spiro atoms. The molecule has 1 aromatic heterocycles. The number of aromatic nitrogens is 1. The highest BCUT2D eigenvalue weighted by molar-refractivity contribution is 14.0. The summed E-state index contributed by atoms with van der Waals surface area (Å²) in [5, 5.41) is 6.66. The highest BCUT2D eigenvalue weighted by Crippen LogP contribution is 2.17. The minimum absolute atomic E-state index is 0. The van der Waals surface area contributed by atoms with E-state index in [1.54, 1.807) is 7.05 Å². The van der Waals surface area contributed by atoms with Crippen molar-refractivity contribution in [3.8, 4) is 11.3 Å². The largest absolute Gasteiger partial charge is 0.356 e. The zero-order chi connectivity index (χ0) is 15.6. The van der Waals surface area contributed by atoms with Gasteiger partial charge < -0.3 is 10.6 Å². The van der Waals surface area contributed by atoms with Crippen molar-refractivity contribution in [2.24, 2.45) is 4.99 Å². The number of halogens is 1. The molecule has 124 valence electrons. The standard InChI is InChI=1S/C18H24N4.HI/c1-3-4-11-21-18(19-2)22-14-15-8-7-9-16(13-15)17-10-5-6-12-20-17;/h5-10,12-13H,3-4,11,14H2,1-2H3,(H2,19,21,22);1H. The third kappa shape index (κ3) is 6.56. The molecule has 0 saturated carbocycles. The van der Waals surface area contributed by atoms with Crippen molar-refractivity contribution >= 4 is 29.9 Å². The molecule has 0 saturated heterocycles. The van der Waals surface area contributed by atoms with Gasteiger partial charge >= 0.3 is 0 Å². The van der Waals surface area contributed by atoms with Crippen LogP contribution in [0.15, 0.2) is 53.7 Å². The van der Waals surface area contributed by atoms with E-state index >= 15 is 0 Å². The minimum Gasteiger partial charge on any atom is -0.356 e. The van der Waals surface area contributed by atoms with Gasteiger partial charge in [0.25, 0.3) is 0 Å². The molecule has 0 atom stereocenters. The van der Waals surface area contributed by atoms with Crippen molar-refractivity contribution in [1.29, 1.82) is 0 Å². The second-order valence-electron chi connectivity index (χ2n) is 5.12. The Bertz CT molecular complexity index is 599. The fourth-order valence-corrected chi connectivity index (χ4v) is 2.16. The molecular formula is C18H25IN4. The van der Waals surface area contributed by atoms with Crippen molar-refractivity contribution in [3.05, 3.63) is 54.2 Å². The van der Waals surface area contributed by atoms with E-state index in [1.165, 1.54) is 12.0 Å². The molecule has 2 N–H and O–H groups in total. The van der Waals surface area contributed by atoms with Crippen LogP contribution in [0.5, 0.6) is 0 Å². The summed E-state index contributed by atoms with van der Waals surface area (Å²) in [7, 11) is 1.80. The van der Waals surface area contributed by atoms with Crippen LogP contribution >= 0.6 is 24.0 Å². The van der Waals surface area contributed by atoms with Gasteiger partial charge in [0.15, 0.2) is 5.96 Å². The summed E-state index contributed by atoms with van der Waals surface area (Å²) in [6.07, 6.45) is 4.14. The smallest absolute Gasteiger partial charge is 0.191 e. The summed E-state index contributed by atoms with van der Waals surface area (Å²) in [4.78, 5) is 8.63. The predicted octanol–water partition coefficient (Wildman–Crippen LogP) is 3.83. The molecule has 0 bridgehead atoms. The Kier molecular flexibility index (Phi) is 9.28. The van der Waals surface area contributed by atoms with Crippen LogP contribution in [0.25, 0.3) is 11.3 Å². The summed E-state index contributed by atoms with van der Waals surface area (Å²) < 4.78 is 0. The number of nitrogens with zero attached hydrogens (tertiary/aromatic N) is 2. The molecule has 2 rings (SSSR count). The highest BCUT2D eigenvalue weighted by Gasteiger charge is 2.01. The normalized spacial score (nSPS) is 10.8. The van der Waals surface area contributed by atoms with Gasteiger partial charge in [0.2, 0.25) is 0 Å². The molecule has 1 heterocycles. The number of pyridine rings is 1. The number of aliphatic imine (C=N–C) groups is 1. The van der Waals surface area contributed by atoms with Gasteiger partial charge in [-0.3, -0.25) is 9.98 Å². The fourth-order valence-electron chi connectivity index (χ4n) is 2.16. The average Bonchev–Trinajstić information content (AvgIpc) is 2.59. The molecule has 0 fully saturated rings. The lowest BCUT2D eigenvalue weighted by Crippen LogP contribution is -2.37. The molecular weight excluding hydrogens is 399 g/mol. The van der Waals surface area contributed by atoms with Crippen LogP contribution in [0.2, 0.25) is 0 Å². The number of nitrogens with one attached hydrogen (secondary N) is 2. The first-order valence-electron chi connectivity index (χ1n) is 7.78. The Hall–Kier alpha value is -1.63. The summed E-state index contributed by atoms with van der Waals surface area (Å²) in [5.41, 5.74) is 3.34. The SMILES string of the molecule is CCCCNC(=NC)NCc1cccc(-c2ccccn2)c1.I. The van der Waals surface area contributed by atoms with Crippen LogP contribution in [-0.4, -0.2) is 24.5 Å². The van der Waals surface area contributed by atoms with E-state index in [4.69, 9.17) is 0 Å². The molecule has 2 aromatic rings. The number of rotatable bonds is 6. The van der Waals surface area contributed by atoms with Gasteiger partial charge in [-0.2, -0.15) is 0 Å². The van der Waals surface area contributed by atoms with E-state index < -0.39 is 0 Å². The lowest BCUT2D eigenvalue weighted by molar-refractivity contribution is 0.729. The maximum Gasteiger partial charge on any atom is 0.191 e. The third-order valence-corrected chi connectivity index (χ3v) is 3.39. The zero-order valence-corrected chi connectivity index (χ0v) is 16.1. The Labute approximate surface area is 155 Å². The molecule has 1 aromatic carbocycles. The number of benzene rings is 1. The van der Waals surface area contributed by atoms with Gasteiger partial charge in [0, 0.05) is 31.9 Å². The van der Waals surface area contributed by atoms with Gasteiger partial charge in [0.05, 0.1) is 5.69 Å². The van der Waals surface area contributed by atoms with Crippen LogP contribution in [0.4, 0.5) is 0 Å². The highest BCUT2D eigenvalue weighted by atomic mass is 127. The first-order chi connectivity index (χ1) is 10.8. The predicted molar refractivity (Wildman–Crippen MR) is 108 cm³/mol. The molecule has 23 heavy (non-hydrogen) atoms. The molecule has 0 radical (unpaired) electrons. The van der Waals surface area contributed by atoms with Crippen molar-refractivity contribution in [1.82, 2.24) is 15.6 Å². The number of hydrogen-bond acceptors (Lipinski definition) is 2. The van der Waals surface area contributed by atoms with Crippen molar-refractivity contribution in [3.63, 3.8) is 0 Å². The van der Waals surface area contributed by atoms with E-state index in [9.17, 15) is 0 Å². The lowest BCUT2D eigenvalue weighted by atomic mass is 10.1. The number of guanidine groups is 1. The quantitative estimate of drug-likeness (QED) is 0.321. The number of hydrogen-bond donors (Lipinski definition) is 2. The molecule has 0 aliphatic carbocycles.